The van der Waals surface area contributed by atoms with Crippen LogP contribution in [-0.2, 0) is 17.8 Å². The summed E-state index contributed by atoms with van der Waals surface area (Å²) in [7, 11) is 2.13. The number of ether oxygens (including phenoxy) is 1. The van der Waals surface area contributed by atoms with Crippen LogP contribution in [0.3, 0.4) is 0 Å². The van der Waals surface area contributed by atoms with Crippen molar-refractivity contribution in [3.63, 3.8) is 0 Å². The summed E-state index contributed by atoms with van der Waals surface area (Å²) >= 11 is 0. The second kappa shape index (κ2) is 12.6. The van der Waals surface area contributed by atoms with E-state index < -0.39 is 0 Å². The lowest BCUT2D eigenvalue weighted by Gasteiger charge is -2.26. The predicted octanol–water partition coefficient (Wildman–Crippen LogP) is 3.72. The molecule has 0 aromatic heterocycles. The molecule has 0 aliphatic carbocycles. The highest BCUT2D eigenvalue weighted by atomic mass is 127. The van der Waals surface area contributed by atoms with Crippen molar-refractivity contribution in [2.75, 3.05) is 46.4 Å². The molecule has 2 aliphatic heterocycles. The van der Waals surface area contributed by atoms with Gasteiger partial charge in [-0.1, -0.05) is 30.7 Å². The molecule has 3 rings (SSSR count). The van der Waals surface area contributed by atoms with Gasteiger partial charge in [0.05, 0.1) is 13.2 Å². The minimum absolute atomic E-state index is 0. The van der Waals surface area contributed by atoms with E-state index in [4.69, 9.17) is 9.73 Å². The molecule has 1 atom stereocenters. The lowest BCUT2D eigenvalue weighted by molar-refractivity contribution is 0.181. The van der Waals surface area contributed by atoms with E-state index in [1.54, 1.807) is 0 Å². The van der Waals surface area contributed by atoms with Gasteiger partial charge >= 0.3 is 0 Å². The maximum absolute atomic E-state index is 5.50. The van der Waals surface area contributed by atoms with E-state index in [-0.39, 0.29) is 24.0 Å². The van der Waals surface area contributed by atoms with Crippen LogP contribution in [0.5, 0.6) is 0 Å². The summed E-state index contributed by atoms with van der Waals surface area (Å²) in [4.78, 5) is 9.67. The number of guanidine groups is 1. The molecule has 2 saturated heterocycles. The van der Waals surface area contributed by atoms with Crippen LogP contribution in [-0.4, -0.2) is 62.2 Å². The van der Waals surface area contributed by atoms with Crippen molar-refractivity contribution in [3.05, 3.63) is 35.4 Å². The van der Waals surface area contributed by atoms with Crippen LogP contribution < -0.4 is 5.32 Å². The first-order chi connectivity index (χ1) is 13.2. The highest BCUT2D eigenvalue weighted by Gasteiger charge is 2.19. The van der Waals surface area contributed by atoms with Crippen molar-refractivity contribution in [1.29, 1.82) is 0 Å². The maximum Gasteiger partial charge on any atom is 0.193 e. The average molecular weight is 500 g/mol. The quantitative estimate of drug-likeness (QED) is 0.352. The first-order valence-electron chi connectivity index (χ1n) is 10.6. The summed E-state index contributed by atoms with van der Waals surface area (Å²) in [5, 5.41) is 3.42. The molecular weight excluding hydrogens is 463 g/mol. The molecule has 2 aliphatic rings. The molecule has 28 heavy (non-hydrogen) atoms. The topological polar surface area (TPSA) is 40.1 Å². The molecule has 2 heterocycles. The maximum atomic E-state index is 5.50. The van der Waals surface area contributed by atoms with Gasteiger partial charge < -0.3 is 15.0 Å². The van der Waals surface area contributed by atoms with Crippen LogP contribution in [0.2, 0.25) is 0 Å². The fourth-order valence-electron chi connectivity index (χ4n) is 3.96. The van der Waals surface area contributed by atoms with Crippen molar-refractivity contribution in [1.82, 2.24) is 15.1 Å². The van der Waals surface area contributed by atoms with Gasteiger partial charge in [-0.2, -0.15) is 0 Å². The zero-order valence-corrected chi connectivity index (χ0v) is 19.9. The molecule has 158 valence electrons. The number of nitrogens with zero attached hydrogens (tertiary/aromatic N) is 3. The molecule has 0 spiro atoms. The van der Waals surface area contributed by atoms with Crippen LogP contribution in [0.15, 0.2) is 29.3 Å². The third-order valence-corrected chi connectivity index (χ3v) is 5.54. The second-order valence-corrected chi connectivity index (χ2v) is 7.93. The number of rotatable bonds is 7. The van der Waals surface area contributed by atoms with Gasteiger partial charge in [0.1, 0.15) is 0 Å². The molecule has 0 radical (unpaired) electrons. The molecule has 1 unspecified atom stereocenters. The van der Waals surface area contributed by atoms with E-state index in [0.29, 0.717) is 5.92 Å². The summed E-state index contributed by atoms with van der Waals surface area (Å²) in [5.41, 5.74) is 2.68. The molecule has 6 heteroatoms. The Morgan fingerprint density at radius 2 is 1.89 bits per heavy atom. The molecule has 5 nitrogen and oxygen atoms in total. The minimum Gasteiger partial charge on any atom is -0.381 e. The Labute approximate surface area is 187 Å². The Morgan fingerprint density at radius 1 is 1.18 bits per heavy atom. The van der Waals surface area contributed by atoms with E-state index in [2.05, 4.69) is 53.4 Å². The molecule has 2 fully saturated rings. The molecular formula is C22H37IN4O. The summed E-state index contributed by atoms with van der Waals surface area (Å²) in [6, 6.07) is 9.01. The van der Waals surface area contributed by atoms with Crippen LogP contribution in [0.1, 0.15) is 43.7 Å². The lowest BCUT2D eigenvalue weighted by Crippen LogP contribution is -2.41. The zero-order valence-electron chi connectivity index (χ0n) is 17.5. The third-order valence-electron chi connectivity index (χ3n) is 5.54. The smallest absolute Gasteiger partial charge is 0.193 e. The largest absolute Gasteiger partial charge is 0.381 e. The van der Waals surface area contributed by atoms with Crippen molar-refractivity contribution in [2.45, 2.75) is 45.7 Å². The Hall–Kier alpha value is -0.860. The van der Waals surface area contributed by atoms with Gasteiger partial charge in [0, 0.05) is 39.2 Å². The van der Waals surface area contributed by atoms with Gasteiger partial charge in [0.15, 0.2) is 5.96 Å². The van der Waals surface area contributed by atoms with Crippen molar-refractivity contribution in [2.24, 2.45) is 10.9 Å². The predicted molar refractivity (Wildman–Crippen MR) is 127 cm³/mol. The normalized spacial score (nSPS) is 20.6. The fourth-order valence-corrected chi connectivity index (χ4v) is 3.96. The van der Waals surface area contributed by atoms with Crippen LogP contribution in [0, 0.1) is 5.92 Å². The van der Waals surface area contributed by atoms with E-state index in [1.165, 1.54) is 43.5 Å². The fraction of sp³-hybridized carbons (Fsp3) is 0.682. The van der Waals surface area contributed by atoms with E-state index in [1.807, 2.05) is 0 Å². The van der Waals surface area contributed by atoms with Gasteiger partial charge in [0.2, 0.25) is 0 Å². The SMILES string of the molecule is CCNC(=NCc1ccc(CN2CCCCC2)cc1)N(C)CC1CCOC1.I. The van der Waals surface area contributed by atoms with Crippen molar-refractivity contribution < 1.29 is 4.74 Å². The number of halogens is 1. The van der Waals surface area contributed by atoms with Gasteiger partial charge in [-0.3, -0.25) is 4.90 Å². The van der Waals surface area contributed by atoms with E-state index >= 15 is 0 Å². The van der Waals surface area contributed by atoms with Crippen LogP contribution in [0.25, 0.3) is 0 Å². The highest BCUT2D eigenvalue weighted by Crippen LogP contribution is 2.15. The number of hydrogen-bond donors (Lipinski definition) is 1. The Balaban J connectivity index is 0.00000280. The second-order valence-electron chi connectivity index (χ2n) is 7.93. The standard InChI is InChI=1S/C22H36N4O.HI/c1-3-23-22(25(2)16-21-11-14-27-18-21)24-15-19-7-9-20(10-8-19)17-26-12-5-4-6-13-26;/h7-10,21H,3-6,11-18H2,1-2H3,(H,23,24);1H. The summed E-state index contributed by atoms with van der Waals surface area (Å²) in [6.45, 7) is 10.1. The number of nitrogens with one attached hydrogen (secondary N) is 1. The first-order valence-corrected chi connectivity index (χ1v) is 10.6. The Morgan fingerprint density at radius 3 is 2.54 bits per heavy atom. The summed E-state index contributed by atoms with van der Waals surface area (Å²) in [6.07, 6.45) is 5.24. The highest BCUT2D eigenvalue weighted by molar-refractivity contribution is 14.0. The van der Waals surface area contributed by atoms with Crippen LogP contribution >= 0.6 is 24.0 Å². The van der Waals surface area contributed by atoms with E-state index in [9.17, 15) is 0 Å². The number of hydrogen-bond acceptors (Lipinski definition) is 3. The molecule has 0 saturated carbocycles. The lowest BCUT2D eigenvalue weighted by atomic mass is 10.1. The number of aliphatic imine (C=N–C) groups is 1. The van der Waals surface area contributed by atoms with Crippen molar-refractivity contribution in [3.8, 4) is 0 Å². The average Bonchev–Trinajstić information content (AvgIpc) is 3.20. The zero-order chi connectivity index (χ0) is 18.9. The summed E-state index contributed by atoms with van der Waals surface area (Å²) in [5.74, 6) is 1.61. The van der Waals surface area contributed by atoms with Gasteiger partial charge in [-0.15, -0.1) is 24.0 Å². The first kappa shape index (κ1) is 23.4. The van der Waals surface area contributed by atoms with Gasteiger partial charge in [-0.25, -0.2) is 4.99 Å². The Bertz CT molecular complexity index is 581. The van der Waals surface area contributed by atoms with Crippen molar-refractivity contribution >= 4 is 29.9 Å². The number of piperidine rings is 1. The molecule has 1 aromatic rings. The number of benzene rings is 1. The Kier molecular flexibility index (Phi) is 10.6. The third kappa shape index (κ3) is 7.52. The molecule has 1 aromatic carbocycles. The molecule has 0 bridgehead atoms. The van der Waals surface area contributed by atoms with Gasteiger partial charge in [0.25, 0.3) is 0 Å². The minimum atomic E-state index is 0. The molecule has 1 N–H and O–H groups in total. The summed E-state index contributed by atoms with van der Waals surface area (Å²) < 4.78 is 5.50. The molecule has 0 amide bonds. The van der Waals surface area contributed by atoms with E-state index in [0.717, 1.165) is 51.8 Å². The van der Waals surface area contributed by atoms with Crippen LogP contribution in [0.4, 0.5) is 0 Å². The monoisotopic (exact) mass is 500 g/mol. The van der Waals surface area contributed by atoms with Gasteiger partial charge in [-0.05, 0) is 50.4 Å². The number of likely N-dealkylation sites (tertiary alicyclic amines) is 1.